The number of benzene rings is 2. The third kappa shape index (κ3) is 4.96. The molecule has 3 nitrogen and oxygen atoms in total. The van der Waals surface area contributed by atoms with Crippen molar-refractivity contribution >= 4 is 28.0 Å². The third-order valence-corrected chi connectivity index (χ3v) is 4.98. The minimum Gasteiger partial charge on any atom is -0.338 e. The average molecular weight is 420 g/mol. The number of imidazole rings is 1. The van der Waals surface area contributed by atoms with E-state index in [2.05, 4.69) is 54.0 Å². The molecule has 0 saturated heterocycles. The Morgan fingerprint density at radius 3 is 2.41 bits per heavy atom. The Balaban J connectivity index is 1.94. The summed E-state index contributed by atoms with van der Waals surface area (Å²) in [6.07, 6.45) is 13.5. The third-order valence-electron chi connectivity index (χ3n) is 4.98. The fourth-order valence-corrected chi connectivity index (χ4v) is 3.51. The van der Waals surface area contributed by atoms with Gasteiger partial charge in [-0.05, 0) is 49.4 Å². The predicted molar refractivity (Wildman–Crippen MR) is 140 cm³/mol. The maximum absolute atomic E-state index is 4.83. The van der Waals surface area contributed by atoms with E-state index in [1.807, 2.05) is 73.7 Å². The molecule has 1 aromatic heterocycles. The molecule has 3 heteroatoms. The topological polar surface area (TPSA) is 21.1 Å². The molecule has 0 N–H and O–H groups in total. The summed E-state index contributed by atoms with van der Waals surface area (Å²) in [5.74, 6) is 0.772. The second kappa shape index (κ2) is 10.8. The molecule has 0 saturated carbocycles. The second-order valence-electron chi connectivity index (χ2n) is 7.16. The molecule has 3 rings (SSSR count). The molecule has 3 aromatic rings. The lowest BCUT2D eigenvalue weighted by atomic mass is 10.2. The molecule has 0 radical (unpaired) electrons. The zero-order valence-electron chi connectivity index (χ0n) is 18.6. The molecule has 160 valence electrons. The molecule has 0 aliphatic carbocycles. The number of nitrogens with zero attached hydrogens (tertiary/aromatic N) is 3. The van der Waals surface area contributed by atoms with Crippen LogP contribution in [-0.2, 0) is 0 Å². The molecule has 1 heterocycles. The van der Waals surface area contributed by atoms with Gasteiger partial charge in [0.2, 0.25) is 0 Å². The van der Waals surface area contributed by atoms with E-state index in [4.69, 9.17) is 4.98 Å². The Morgan fingerprint density at radius 2 is 1.72 bits per heavy atom. The number of hydrogen-bond acceptors (Lipinski definition) is 2. The standard InChI is InChI=1S/C29H29N3/c1-6-15-24(5)31(26-18-10-9-11-19-26)22-14-17-23(4)29-30-27-20-12-13-21-28(27)32(29)25(8-3)16-7-2/h6-21H,2-5,22H2,1H3/b15-6-,17-14+,25-16+. The van der Waals surface area contributed by atoms with E-state index in [1.54, 1.807) is 12.2 Å². The van der Waals surface area contributed by atoms with Crippen LogP contribution in [-0.4, -0.2) is 16.1 Å². The number of fused-ring (bicyclic) bond motifs is 1. The molecule has 0 spiro atoms. The molecular formula is C29H29N3. The number of aromatic nitrogens is 2. The van der Waals surface area contributed by atoms with Gasteiger partial charge in [0.05, 0.1) is 11.0 Å². The predicted octanol–water partition coefficient (Wildman–Crippen LogP) is 7.42. The van der Waals surface area contributed by atoms with Gasteiger partial charge >= 0.3 is 0 Å². The fourth-order valence-electron chi connectivity index (χ4n) is 3.51. The van der Waals surface area contributed by atoms with Gasteiger partial charge in [0.1, 0.15) is 5.82 Å². The first-order valence-corrected chi connectivity index (χ1v) is 10.5. The Morgan fingerprint density at radius 1 is 1.00 bits per heavy atom. The highest BCUT2D eigenvalue weighted by Crippen LogP contribution is 2.26. The number of para-hydroxylation sites is 3. The van der Waals surface area contributed by atoms with Crippen LogP contribution in [0.2, 0.25) is 0 Å². The van der Waals surface area contributed by atoms with E-state index < -0.39 is 0 Å². The Kier molecular flexibility index (Phi) is 7.60. The van der Waals surface area contributed by atoms with Crippen molar-refractivity contribution < 1.29 is 0 Å². The molecule has 0 atom stereocenters. The molecule has 0 aliphatic rings. The monoisotopic (exact) mass is 419 g/mol. The highest BCUT2D eigenvalue weighted by Gasteiger charge is 2.14. The first-order chi connectivity index (χ1) is 15.6. The van der Waals surface area contributed by atoms with E-state index >= 15 is 0 Å². The van der Waals surface area contributed by atoms with Crippen LogP contribution in [0.1, 0.15) is 12.7 Å². The maximum atomic E-state index is 4.83. The summed E-state index contributed by atoms with van der Waals surface area (Å²) < 4.78 is 2.06. The minimum atomic E-state index is 0.656. The van der Waals surface area contributed by atoms with Gasteiger partial charge in [-0.1, -0.05) is 81.0 Å². The van der Waals surface area contributed by atoms with Gasteiger partial charge in [0.25, 0.3) is 0 Å². The van der Waals surface area contributed by atoms with Gasteiger partial charge in [0.15, 0.2) is 0 Å². The largest absolute Gasteiger partial charge is 0.338 e. The van der Waals surface area contributed by atoms with Crippen molar-refractivity contribution in [3.05, 3.63) is 135 Å². The van der Waals surface area contributed by atoms with E-state index in [0.29, 0.717) is 6.54 Å². The van der Waals surface area contributed by atoms with E-state index in [1.165, 1.54) is 0 Å². The fraction of sp³-hybridized carbons (Fsp3) is 0.0690. The highest BCUT2D eigenvalue weighted by molar-refractivity contribution is 5.87. The molecule has 0 unspecified atom stereocenters. The molecular weight excluding hydrogens is 390 g/mol. The van der Waals surface area contributed by atoms with E-state index in [-0.39, 0.29) is 0 Å². The van der Waals surface area contributed by atoms with Crippen molar-refractivity contribution in [3.63, 3.8) is 0 Å². The summed E-state index contributed by atoms with van der Waals surface area (Å²) in [6, 6.07) is 18.2. The Hall–Kier alpha value is -4.11. The minimum absolute atomic E-state index is 0.656. The highest BCUT2D eigenvalue weighted by atomic mass is 15.1. The summed E-state index contributed by atoms with van der Waals surface area (Å²) in [6.45, 7) is 18.9. The van der Waals surface area contributed by atoms with Crippen LogP contribution in [0.25, 0.3) is 22.3 Å². The van der Waals surface area contributed by atoms with Crippen molar-refractivity contribution in [1.29, 1.82) is 0 Å². The second-order valence-corrected chi connectivity index (χ2v) is 7.16. The van der Waals surface area contributed by atoms with Crippen LogP contribution < -0.4 is 4.90 Å². The van der Waals surface area contributed by atoms with Crippen LogP contribution in [0, 0.1) is 0 Å². The van der Waals surface area contributed by atoms with Gasteiger partial charge < -0.3 is 4.90 Å². The Bertz CT molecular complexity index is 1220. The summed E-state index contributed by atoms with van der Waals surface area (Å²) in [5.41, 5.74) is 5.61. The summed E-state index contributed by atoms with van der Waals surface area (Å²) in [5, 5.41) is 0. The Labute approximate surface area is 191 Å². The zero-order valence-corrected chi connectivity index (χ0v) is 18.6. The summed E-state index contributed by atoms with van der Waals surface area (Å²) in [7, 11) is 0. The lowest BCUT2D eigenvalue weighted by molar-refractivity contribution is 1.04. The maximum Gasteiger partial charge on any atom is 0.145 e. The molecule has 2 aromatic carbocycles. The zero-order chi connectivity index (χ0) is 22.9. The van der Waals surface area contributed by atoms with Gasteiger partial charge in [-0.25, -0.2) is 4.98 Å². The summed E-state index contributed by atoms with van der Waals surface area (Å²) in [4.78, 5) is 6.98. The van der Waals surface area contributed by atoms with Gasteiger partial charge in [-0.2, -0.15) is 0 Å². The number of hydrogen-bond donors (Lipinski definition) is 0. The van der Waals surface area contributed by atoms with Gasteiger partial charge in [-0.15, -0.1) is 0 Å². The van der Waals surface area contributed by atoms with Crippen LogP contribution in [0.4, 0.5) is 5.69 Å². The molecule has 0 fully saturated rings. The first-order valence-electron chi connectivity index (χ1n) is 10.5. The lowest BCUT2D eigenvalue weighted by Crippen LogP contribution is -2.20. The van der Waals surface area contributed by atoms with E-state index in [9.17, 15) is 0 Å². The van der Waals surface area contributed by atoms with Crippen LogP contribution in [0.3, 0.4) is 0 Å². The van der Waals surface area contributed by atoms with Crippen molar-refractivity contribution in [1.82, 2.24) is 9.55 Å². The van der Waals surface area contributed by atoms with Crippen LogP contribution in [0.5, 0.6) is 0 Å². The van der Waals surface area contributed by atoms with Crippen molar-refractivity contribution in [3.8, 4) is 0 Å². The van der Waals surface area contributed by atoms with Gasteiger partial charge in [0, 0.05) is 29.2 Å². The molecule has 32 heavy (non-hydrogen) atoms. The summed E-state index contributed by atoms with van der Waals surface area (Å²) >= 11 is 0. The molecule has 0 bridgehead atoms. The van der Waals surface area contributed by atoms with Crippen LogP contribution in [0.15, 0.2) is 129 Å². The van der Waals surface area contributed by atoms with Crippen molar-refractivity contribution in [2.75, 3.05) is 11.4 Å². The molecule has 0 amide bonds. The van der Waals surface area contributed by atoms with Crippen molar-refractivity contribution in [2.45, 2.75) is 6.92 Å². The molecule has 0 aliphatic heterocycles. The number of allylic oxidation sites excluding steroid dienone is 8. The first kappa shape index (κ1) is 22.6. The number of rotatable bonds is 10. The smallest absolute Gasteiger partial charge is 0.145 e. The SMILES string of the molecule is C=C/C=C(\C=C)n1c(C(=C)/C=C/CN(C(=C)/C=C\C)c2ccccc2)nc2ccccc21. The quantitative estimate of drug-likeness (QED) is 0.319. The van der Waals surface area contributed by atoms with Gasteiger partial charge in [-0.3, -0.25) is 4.57 Å². The van der Waals surface area contributed by atoms with Crippen LogP contribution >= 0.6 is 0 Å². The normalized spacial score (nSPS) is 11.8. The van der Waals surface area contributed by atoms with Crippen molar-refractivity contribution in [2.24, 2.45) is 0 Å². The number of anilines is 1. The average Bonchev–Trinajstić information content (AvgIpc) is 3.20. The lowest BCUT2D eigenvalue weighted by Gasteiger charge is -2.23. The van der Waals surface area contributed by atoms with E-state index in [0.717, 1.165) is 39.5 Å².